The molecule has 1 aliphatic rings. The average molecular weight is 445 g/mol. The number of nitrogens with zero attached hydrogens (tertiary/aromatic N) is 3. The summed E-state index contributed by atoms with van der Waals surface area (Å²) in [5, 5.41) is 10.5. The zero-order valence-corrected chi connectivity index (χ0v) is 17.9. The summed E-state index contributed by atoms with van der Waals surface area (Å²) in [7, 11) is 1.53. The van der Waals surface area contributed by atoms with Crippen molar-refractivity contribution in [3.05, 3.63) is 89.6 Å². The van der Waals surface area contributed by atoms with Crippen molar-refractivity contribution in [2.45, 2.75) is 13.0 Å². The maximum atomic E-state index is 15.0. The van der Waals surface area contributed by atoms with Crippen molar-refractivity contribution in [2.24, 2.45) is 0 Å². The van der Waals surface area contributed by atoms with Gasteiger partial charge in [0.15, 0.2) is 5.76 Å². The Bertz CT molecular complexity index is 1360. The topological polar surface area (TPSA) is 94.2 Å². The highest BCUT2D eigenvalue weighted by atomic mass is 19.1. The second kappa shape index (κ2) is 8.27. The molecule has 2 aromatic carbocycles. The summed E-state index contributed by atoms with van der Waals surface area (Å²) in [5.41, 5.74) is 1.62. The Labute approximate surface area is 188 Å². The van der Waals surface area contributed by atoms with Gasteiger partial charge in [0, 0.05) is 11.3 Å². The van der Waals surface area contributed by atoms with Crippen molar-refractivity contribution in [1.29, 1.82) is 0 Å². The van der Waals surface area contributed by atoms with Crippen LogP contribution in [0.15, 0.2) is 82.6 Å². The van der Waals surface area contributed by atoms with Gasteiger partial charge in [-0.3, -0.25) is 4.79 Å². The molecule has 0 spiro atoms. The summed E-state index contributed by atoms with van der Waals surface area (Å²) in [6, 6.07) is 16.0. The molecule has 33 heavy (non-hydrogen) atoms. The summed E-state index contributed by atoms with van der Waals surface area (Å²) in [5.74, 6) is 0.795. The zero-order valence-electron chi connectivity index (χ0n) is 17.9. The maximum absolute atomic E-state index is 15.0. The Balaban J connectivity index is 1.62. The third kappa shape index (κ3) is 3.63. The van der Waals surface area contributed by atoms with Crippen LogP contribution in [0.5, 0.6) is 5.75 Å². The molecular formula is C24H20FN5O3. The van der Waals surface area contributed by atoms with Crippen LogP contribution in [-0.4, -0.2) is 27.8 Å². The molecule has 1 aliphatic heterocycles. The van der Waals surface area contributed by atoms with E-state index in [0.717, 1.165) is 0 Å². The first-order chi connectivity index (χ1) is 16.1. The summed E-state index contributed by atoms with van der Waals surface area (Å²) in [6.07, 6.45) is 1.52. The highest BCUT2D eigenvalue weighted by molar-refractivity contribution is 6.06. The Morgan fingerprint density at radius 1 is 1.15 bits per heavy atom. The van der Waals surface area contributed by atoms with Crippen molar-refractivity contribution in [3.8, 4) is 17.3 Å². The van der Waals surface area contributed by atoms with E-state index in [9.17, 15) is 9.18 Å². The summed E-state index contributed by atoms with van der Waals surface area (Å²) < 4.78 is 27.3. The molecule has 0 saturated carbocycles. The van der Waals surface area contributed by atoms with E-state index < -0.39 is 17.8 Å². The molecule has 8 nitrogen and oxygen atoms in total. The number of para-hydroxylation sites is 2. The number of fused-ring (bicyclic) bond motifs is 1. The van der Waals surface area contributed by atoms with Gasteiger partial charge in [-0.15, -0.1) is 5.10 Å². The molecule has 0 aliphatic carbocycles. The van der Waals surface area contributed by atoms with Gasteiger partial charge in [0.1, 0.15) is 17.6 Å². The number of amides is 1. The fourth-order valence-electron chi connectivity index (χ4n) is 3.88. The number of aromatic nitrogens is 3. The number of hydrogen-bond donors (Lipinski definition) is 2. The van der Waals surface area contributed by atoms with E-state index in [0.29, 0.717) is 45.8 Å². The van der Waals surface area contributed by atoms with E-state index in [4.69, 9.17) is 9.15 Å². The number of rotatable bonds is 5. The molecule has 166 valence electrons. The molecule has 3 heterocycles. The molecule has 2 aromatic heterocycles. The normalized spacial score (nSPS) is 15.1. The van der Waals surface area contributed by atoms with Crippen molar-refractivity contribution in [1.82, 2.24) is 14.8 Å². The predicted molar refractivity (Wildman–Crippen MR) is 120 cm³/mol. The Morgan fingerprint density at radius 2 is 1.94 bits per heavy atom. The fraction of sp³-hybridized carbons (Fsp3) is 0.125. The predicted octanol–water partition coefficient (Wildman–Crippen LogP) is 4.61. The van der Waals surface area contributed by atoms with Crippen molar-refractivity contribution in [2.75, 3.05) is 17.7 Å². The van der Waals surface area contributed by atoms with Gasteiger partial charge in [0.2, 0.25) is 11.8 Å². The quantitative estimate of drug-likeness (QED) is 0.466. The molecule has 0 radical (unpaired) electrons. The summed E-state index contributed by atoms with van der Waals surface area (Å²) in [6.45, 7) is 1.75. The van der Waals surface area contributed by atoms with Crippen LogP contribution in [0.2, 0.25) is 0 Å². The molecule has 2 N–H and O–H groups in total. The Kier molecular flexibility index (Phi) is 5.14. The van der Waals surface area contributed by atoms with E-state index >= 15 is 0 Å². The zero-order chi connectivity index (χ0) is 22.9. The highest BCUT2D eigenvalue weighted by Gasteiger charge is 2.36. The standard InChI is InChI=1S/C24H20FN5O3/c1-14-20(23(31)27-17-10-5-6-11-18(17)32-2)21(15-8-3-4-9-16(15)25)30-24(26-14)28-22(29-30)19-12-7-13-33-19/h3-13,21H,1-2H3,(H,27,31)(H,26,28,29)/t21-/m0/s1. The number of methoxy groups -OCH3 is 1. The first kappa shape index (κ1) is 20.5. The lowest BCUT2D eigenvalue weighted by atomic mass is 9.94. The van der Waals surface area contributed by atoms with Gasteiger partial charge in [0.05, 0.1) is 24.6 Å². The average Bonchev–Trinajstić information content (AvgIpc) is 3.49. The minimum Gasteiger partial charge on any atom is -0.495 e. The molecular weight excluding hydrogens is 425 g/mol. The van der Waals surface area contributed by atoms with Gasteiger partial charge < -0.3 is 19.8 Å². The number of furan rings is 1. The van der Waals surface area contributed by atoms with Gasteiger partial charge in [-0.2, -0.15) is 4.98 Å². The second-order valence-electron chi connectivity index (χ2n) is 7.42. The van der Waals surface area contributed by atoms with E-state index in [-0.39, 0.29) is 0 Å². The first-order valence-corrected chi connectivity index (χ1v) is 10.2. The van der Waals surface area contributed by atoms with Crippen LogP contribution in [0.1, 0.15) is 18.5 Å². The Hall–Kier alpha value is -4.40. The smallest absolute Gasteiger partial charge is 0.255 e. The molecule has 0 bridgehead atoms. The number of anilines is 2. The molecule has 9 heteroatoms. The number of carbonyl (C=O) groups is 1. The first-order valence-electron chi connectivity index (χ1n) is 10.2. The SMILES string of the molecule is COc1ccccc1NC(=O)C1=C(C)Nc2nc(-c3ccco3)nn2[C@H]1c1ccccc1F. The van der Waals surface area contributed by atoms with Crippen LogP contribution in [0.3, 0.4) is 0 Å². The van der Waals surface area contributed by atoms with Crippen LogP contribution in [0, 0.1) is 5.82 Å². The number of carbonyl (C=O) groups excluding carboxylic acids is 1. The fourth-order valence-corrected chi connectivity index (χ4v) is 3.88. The van der Waals surface area contributed by atoms with Crippen LogP contribution in [0.4, 0.5) is 16.0 Å². The molecule has 0 saturated heterocycles. The van der Waals surface area contributed by atoms with Gasteiger partial charge in [-0.25, -0.2) is 9.07 Å². The highest BCUT2D eigenvalue weighted by Crippen LogP contribution is 2.38. The number of nitrogens with one attached hydrogen (secondary N) is 2. The molecule has 4 aromatic rings. The van der Waals surface area contributed by atoms with E-state index in [1.807, 2.05) is 0 Å². The number of benzene rings is 2. The summed E-state index contributed by atoms with van der Waals surface area (Å²) in [4.78, 5) is 18.0. The molecule has 0 fully saturated rings. The molecule has 1 atom stereocenters. The minimum absolute atomic E-state index is 0.292. The van der Waals surface area contributed by atoms with Crippen molar-refractivity contribution >= 4 is 17.5 Å². The number of hydrogen-bond acceptors (Lipinski definition) is 6. The number of allylic oxidation sites excluding steroid dienone is 1. The molecule has 1 amide bonds. The van der Waals surface area contributed by atoms with Gasteiger partial charge >= 0.3 is 0 Å². The van der Waals surface area contributed by atoms with Gasteiger partial charge in [-0.1, -0.05) is 30.3 Å². The van der Waals surface area contributed by atoms with Gasteiger partial charge in [0.25, 0.3) is 5.91 Å². The van der Waals surface area contributed by atoms with Crippen molar-refractivity contribution in [3.63, 3.8) is 0 Å². The van der Waals surface area contributed by atoms with Crippen LogP contribution >= 0.6 is 0 Å². The largest absolute Gasteiger partial charge is 0.495 e. The second-order valence-corrected chi connectivity index (χ2v) is 7.42. The number of halogens is 1. The van der Waals surface area contributed by atoms with Crippen LogP contribution in [0.25, 0.3) is 11.6 Å². The van der Waals surface area contributed by atoms with Crippen molar-refractivity contribution < 1.29 is 18.3 Å². The molecule has 5 rings (SSSR count). The van der Waals surface area contributed by atoms with Gasteiger partial charge in [-0.05, 0) is 37.3 Å². The number of ether oxygens (including phenoxy) is 1. The third-order valence-corrected chi connectivity index (χ3v) is 5.39. The van der Waals surface area contributed by atoms with E-state index in [2.05, 4.69) is 20.7 Å². The maximum Gasteiger partial charge on any atom is 0.255 e. The Morgan fingerprint density at radius 3 is 2.70 bits per heavy atom. The van der Waals surface area contributed by atoms with Crippen LogP contribution < -0.4 is 15.4 Å². The molecule has 0 unspecified atom stereocenters. The van der Waals surface area contributed by atoms with E-state index in [1.54, 1.807) is 61.5 Å². The minimum atomic E-state index is -0.853. The third-order valence-electron chi connectivity index (χ3n) is 5.39. The summed E-state index contributed by atoms with van der Waals surface area (Å²) >= 11 is 0. The lowest BCUT2D eigenvalue weighted by Gasteiger charge is -2.29. The lowest BCUT2D eigenvalue weighted by molar-refractivity contribution is -0.113. The lowest BCUT2D eigenvalue weighted by Crippen LogP contribution is -2.32. The monoisotopic (exact) mass is 445 g/mol. The van der Waals surface area contributed by atoms with Crippen LogP contribution in [-0.2, 0) is 4.79 Å². The van der Waals surface area contributed by atoms with E-state index in [1.165, 1.54) is 24.1 Å².